The van der Waals surface area contributed by atoms with Gasteiger partial charge in [0.1, 0.15) is 11.2 Å². The summed E-state index contributed by atoms with van der Waals surface area (Å²) in [7, 11) is 0. The van der Waals surface area contributed by atoms with Crippen LogP contribution in [0.25, 0.3) is 0 Å². The number of hydrogen-bond donors (Lipinski definition) is 1. The fraction of sp³-hybridized carbons (Fsp3) is 0.0769. The van der Waals surface area contributed by atoms with Gasteiger partial charge in [-0.25, -0.2) is 4.98 Å². The smallest absolute Gasteiger partial charge is 0.248 e. The number of alkyl halides is 1. The minimum atomic E-state index is -0.710. The van der Waals surface area contributed by atoms with Crippen LogP contribution in [-0.4, -0.2) is 10.9 Å². The van der Waals surface area contributed by atoms with Gasteiger partial charge in [-0.2, -0.15) is 0 Å². The third kappa shape index (κ3) is 3.04. The zero-order valence-corrected chi connectivity index (χ0v) is 9.76. The zero-order valence-electron chi connectivity index (χ0n) is 9.01. The van der Waals surface area contributed by atoms with E-state index >= 15 is 0 Å². The van der Waals surface area contributed by atoms with Crippen LogP contribution in [0, 0.1) is 0 Å². The van der Waals surface area contributed by atoms with Crippen molar-refractivity contribution in [2.75, 3.05) is 5.32 Å². The Morgan fingerprint density at radius 3 is 2.47 bits per heavy atom. The number of carbonyl (C=O) groups is 1. The van der Waals surface area contributed by atoms with E-state index in [0.717, 1.165) is 5.56 Å². The number of rotatable bonds is 3. The van der Waals surface area contributed by atoms with Gasteiger partial charge in [0, 0.05) is 6.20 Å². The topological polar surface area (TPSA) is 42.0 Å². The largest absolute Gasteiger partial charge is 0.309 e. The van der Waals surface area contributed by atoms with Crippen LogP contribution in [0.3, 0.4) is 0 Å². The summed E-state index contributed by atoms with van der Waals surface area (Å²) in [6.45, 7) is 0. The van der Waals surface area contributed by atoms with Gasteiger partial charge in [0.25, 0.3) is 0 Å². The number of halogens is 1. The number of carbonyl (C=O) groups excluding carboxylic acids is 1. The molecule has 0 saturated carbocycles. The van der Waals surface area contributed by atoms with E-state index in [4.69, 9.17) is 11.6 Å². The average Bonchev–Trinajstić information content (AvgIpc) is 2.40. The summed E-state index contributed by atoms with van der Waals surface area (Å²) in [6, 6.07) is 14.5. The van der Waals surface area contributed by atoms with Crippen molar-refractivity contribution in [2.45, 2.75) is 5.38 Å². The quantitative estimate of drug-likeness (QED) is 0.846. The van der Waals surface area contributed by atoms with E-state index in [1.165, 1.54) is 0 Å². The third-order valence-corrected chi connectivity index (χ3v) is 2.69. The van der Waals surface area contributed by atoms with Crippen molar-refractivity contribution in [1.82, 2.24) is 4.98 Å². The molecule has 1 aromatic carbocycles. The lowest BCUT2D eigenvalue weighted by atomic mass is 10.1. The molecule has 0 aliphatic rings. The van der Waals surface area contributed by atoms with Crippen LogP contribution in [-0.2, 0) is 4.79 Å². The van der Waals surface area contributed by atoms with E-state index in [1.807, 2.05) is 30.3 Å². The number of aromatic nitrogens is 1. The Morgan fingerprint density at radius 1 is 1.12 bits per heavy atom. The first-order valence-corrected chi connectivity index (χ1v) is 5.62. The molecule has 1 heterocycles. The first kappa shape index (κ1) is 11.6. The Bertz CT molecular complexity index is 487. The number of pyridine rings is 1. The molecule has 0 bridgehead atoms. The standard InChI is InChI=1S/C13H11ClN2O/c14-12(10-6-2-1-3-7-10)13(17)16-11-8-4-5-9-15-11/h1-9,12H,(H,15,16,17). The first-order chi connectivity index (χ1) is 8.27. The van der Waals surface area contributed by atoms with Crippen molar-refractivity contribution in [2.24, 2.45) is 0 Å². The Morgan fingerprint density at radius 2 is 1.82 bits per heavy atom. The van der Waals surface area contributed by atoms with Gasteiger partial charge in [-0.15, -0.1) is 11.6 Å². The lowest BCUT2D eigenvalue weighted by Gasteiger charge is -2.09. The molecule has 1 N–H and O–H groups in total. The maximum Gasteiger partial charge on any atom is 0.248 e. The summed E-state index contributed by atoms with van der Waals surface area (Å²) in [5, 5.41) is 1.95. The molecule has 1 atom stereocenters. The van der Waals surface area contributed by atoms with Gasteiger partial charge in [-0.3, -0.25) is 4.79 Å². The van der Waals surface area contributed by atoms with Gasteiger partial charge in [0.05, 0.1) is 0 Å². The molecule has 0 aliphatic heterocycles. The molecule has 2 aromatic rings. The van der Waals surface area contributed by atoms with Gasteiger partial charge in [0.2, 0.25) is 5.91 Å². The molecule has 17 heavy (non-hydrogen) atoms. The Balaban J connectivity index is 2.06. The van der Waals surface area contributed by atoms with Crippen LogP contribution in [0.2, 0.25) is 0 Å². The average molecular weight is 247 g/mol. The summed E-state index contributed by atoms with van der Waals surface area (Å²) < 4.78 is 0. The van der Waals surface area contributed by atoms with Gasteiger partial charge in [0.15, 0.2) is 0 Å². The van der Waals surface area contributed by atoms with Crippen LogP contribution < -0.4 is 5.32 Å². The molecule has 86 valence electrons. The number of benzene rings is 1. The fourth-order valence-corrected chi connectivity index (χ4v) is 1.60. The van der Waals surface area contributed by atoms with E-state index in [1.54, 1.807) is 24.4 Å². The summed E-state index contributed by atoms with van der Waals surface area (Å²) in [6.07, 6.45) is 1.61. The molecule has 0 radical (unpaired) electrons. The van der Waals surface area contributed by atoms with Crippen LogP contribution in [0.15, 0.2) is 54.7 Å². The highest BCUT2D eigenvalue weighted by atomic mass is 35.5. The molecule has 0 fully saturated rings. The first-order valence-electron chi connectivity index (χ1n) is 5.18. The number of hydrogen-bond acceptors (Lipinski definition) is 2. The van der Waals surface area contributed by atoms with Crippen molar-refractivity contribution in [3.8, 4) is 0 Å². The minimum absolute atomic E-state index is 0.281. The second kappa shape index (κ2) is 5.46. The van der Waals surface area contributed by atoms with Crippen LogP contribution in [0.1, 0.15) is 10.9 Å². The maximum atomic E-state index is 11.8. The van der Waals surface area contributed by atoms with Crippen molar-refractivity contribution in [1.29, 1.82) is 0 Å². The number of anilines is 1. The van der Waals surface area contributed by atoms with Gasteiger partial charge < -0.3 is 5.32 Å². The maximum absolute atomic E-state index is 11.8. The molecule has 1 amide bonds. The van der Waals surface area contributed by atoms with Gasteiger partial charge >= 0.3 is 0 Å². The van der Waals surface area contributed by atoms with Gasteiger partial charge in [-0.05, 0) is 17.7 Å². The summed E-state index contributed by atoms with van der Waals surface area (Å²) in [4.78, 5) is 15.8. The van der Waals surface area contributed by atoms with Crippen LogP contribution in [0.4, 0.5) is 5.82 Å². The highest BCUT2D eigenvalue weighted by Crippen LogP contribution is 2.21. The second-order valence-corrected chi connectivity index (χ2v) is 3.91. The van der Waals surface area contributed by atoms with Crippen molar-refractivity contribution < 1.29 is 4.79 Å². The molecule has 0 saturated heterocycles. The van der Waals surface area contributed by atoms with E-state index in [-0.39, 0.29) is 5.91 Å². The minimum Gasteiger partial charge on any atom is -0.309 e. The Kier molecular flexibility index (Phi) is 3.73. The lowest BCUT2D eigenvalue weighted by Crippen LogP contribution is -2.17. The summed E-state index contributed by atoms with van der Waals surface area (Å²) >= 11 is 6.07. The normalized spacial score (nSPS) is 11.8. The Labute approximate surface area is 104 Å². The predicted octanol–water partition coefficient (Wildman–Crippen LogP) is 3.00. The summed E-state index contributed by atoms with van der Waals surface area (Å²) in [5.74, 6) is 0.218. The van der Waals surface area contributed by atoms with E-state index in [2.05, 4.69) is 10.3 Å². The highest BCUT2D eigenvalue weighted by molar-refractivity contribution is 6.32. The van der Waals surface area contributed by atoms with Crippen molar-refractivity contribution in [3.05, 3.63) is 60.3 Å². The van der Waals surface area contributed by atoms with Crippen molar-refractivity contribution >= 4 is 23.3 Å². The molecule has 0 aliphatic carbocycles. The molecule has 1 aromatic heterocycles. The summed E-state index contributed by atoms with van der Waals surface area (Å²) in [5.41, 5.74) is 0.766. The second-order valence-electron chi connectivity index (χ2n) is 3.48. The van der Waals surface area contributed by atoms with Crippen molar-refractivity contribution in [3.63, 3.8) is 0 Å². The molecular formula is C13H11ClN2O. The monoisotopic (exact) mass is 246 g/mol. The third-order valence-electron chi connectivity index (χ3n) is 2.24. The van der Waals surface area contributed by atoms with E-state index < -0.39 is 5.38 Å². The predicted molar refractivity (Wildman–Crippen MR) is 67.9 cm³/mol. The van der Waals surface area contributed by atoms with E-state index in [0.29, 0.717) is 5.82 Å². The van der Waals surface area contributed by atoms with E-state index in [9.17, 15) is 4.79 Å². The molecular weight excluding hydrogens is 236 g/mol. The number of amides is 1. The van der Waals surface area contributed by atoms with Crippen LogP contribution in [0.5, 0.6) is 0 Å². The molecule has 2 rings (SSSR count). The lowest BCUT2D eigenvalue weighted by molar-refractivity contribution is -0.116. The molecule has 1 unspecified atom stereocenters. The highest BCUT2D eigenvalue weighted by Gasteiger charge is 2.17. The van der Waals surface area contributed by atoms with Gasteiger partial charge in [-0.1, -0.05) is 36.4 Å². The SMILES string of the molecule is O=C(Nc1ccccn1)C(Cl)c1ccccc1. The fourth-order valence-electron chi connectivity index (χ4n) is 1.40. The van der Waals surface area contributed by atoms with Crippen LogP contribution >= 0.6 is 11.6 Å². The number of nitrogens with one attached hydrogen (secondary N) is 1. The number of nitrogens with zero attached hydrogens (tertiary/aromatic N) is 1. The Hall–Kier alpha value is -1.87. The molecule has 3 nitrogen and oxygen atoms in total. The zero-order chi connectivity index (χ0) is 12.1. The molecule has 4 heteroatoms. The molecule has 0 spiro atoms.